The molecule has 0 saturated heterocycles. The Morgan fingerprint density at radius 1 is 1.30 bits per heavy atom. The van der Waals surface area contributed by atoms with Crippen LogP contribution >= 0.6 is 27.3 Å². The predicted octanol–water partition coefficient (Wildman–Crippen LogP) is 3.99. The lowest BCUT2D eigenvalue weighted by Gasteiger charge is -2.07. The summed E-state index contributed by atoms with van der Waals surface area (Å²) < 4.78 is 2.90. The van der Waals surface area contributed by atoms with Gasteiger partial charge in [-0.2, -0.15) is 5.10 Å². The highest BCUT2D eigenvalue weighted by atomic mass is 79.9. The lowest BCUT2D eigenvalue weighted by Crippen LogP contribution is -2.23. The quantitative estimate of drug-likeness (QED) is 0.716. The molecule has 118 valence electrons. The van der Waals surface area contributed by atoms with Crippen LogP contribution in [0.15, 0.2) is 51.8 Å². The SMILES string of the molecule is Cc1c(C(=O)NCc2ccsc2Br)cnn1Cc1ccccc1. The molecule has 0 radical (unpaired) electrons. The zero-order valence-corrected chi connectivity index (χ0v) is 15.0. The second-order valence-corrected chi connectivity index (χ2v) is 7.42. The smallest absolute Gasteiger partial charge is 0.255 e. The van der Waals surface area contributed by atoms with Gasteiger partial charge in [-0.1, -0.05) is 30.3 Å². The summed E-state index contributed by atoms with van der Waals surface area (Å²) in [4.78, 5) is 12.4. The molecule has 0 aliphatic carbocycles. The highest BCUT2D eigenvalue weighted by Crippen LogP contribution is 2.23. The number of rotatable bonds is 5. The first kappa shape index (κ1) is 16.0. The second kappa shape index (κ2) is 7.10. The van der Waals surface area contributed by atoms with Gasteiger partial charge in [-0.3, -0.25) is 9.48 Å². The molecule has 0 aliphatic heterocycles. The zero-order valence-electron chi connectivity index (χ0n) is 12.6. The number of nitrogens with zero attached hydrogens (tertiary/aromatic N) is 2. The number of carbonyl (C=O) groups is 1. The van der Waals surface area contributed by atoms with Crippen LogP contribution < -0.4 is 5.32 Å². The minimum Gasteiger partial charge on any atom is -0.348 e. The summed E-state index contributed by atoms with van der Waals surface area (Å²) in [7, 11) is 0. The molecule has 2 aromatic heterocycles. The maximum absolute atomic E-state index is 12.4. The molecule has 0 bridgehead atoms. The summed E-state index contributed by atoms with van der Waals surface area (Å²) in [6, 6.07) is 12.1. The van der Waals surface area contributed by atoms with Gasteiger partial charge in [0.05, 0.1) is 22.1 Å². The largest absolute Gasteiger partial charge is 0.348 e. The molecule has 23 heavy (non-hydrogen) atoms. The monoisotopic (exact) mass is 389 g/mol. The van der Waals surface area contributed by atoms with Crippen LogP contribution in [-0.2, 0) is 13.1 Å². The van der Waals surface area contributed by atoms with Crippen LogP contribution in [0.1, 0.15) is 27.2 Å². The standard InChI is InChI=1S/C17H16BrN3OS/c1-12-15(17(22)19-9-14-7-8-23-16(14)18)10-20-21(12)11-13-5-3-2-4-6-13/h2-8,10H,9,11H2,1H3,(H,19,22). The Hall–Kier alpha value is -1.92. The third kappa shape index (κ3) is 3.71. The van der Waals surface area contributed by atoms with E-state index in [1.165, 1.54) is 0 Å². The van der Waals surface area contributed by atoms with E-state index in [9.17, 15) is 4.79 Å². The van der Waals surface area contributed by atoms with Crippen LogP contribution in [0.25, 0.3) is 0 Å². The molecule has 6 heteroatoms. The maximum Gasteiger partial charge on any atom is 0.255 e. The van der Waals surface area contributed by atoms with Crippen LogP contribution in [0.5, 0.6) is 0 Å². The molecule has 0 saturated carbocycles. The van der Waals surface area contributed by atoms with E-state index in [0.29, 0.717) is 18.7 Å². The van der Waals surface area contributed by atoms with Crippen molar-refractivity contribution in [2.24, 2.45) is 0 Å². The van der Waals surface area contributed by atoms with E-state index in [4.69, 9.17) is 0 Å². The molecule has 0 atom stereocenters. The van der Waals surface area contributed by atoms with Gasteiger partial charge in [-0.05, 0) is 45.4 Å². The van der Waals surface area contributed by atoms with Crippen LogP contribution in [0.3, 0.4) is 0 Å². The van der Waals surface area contributed by atoms with E-state index < -0.39 is 0 Å². The first-order chi connectivity index (χ1) is 11.1. The predicted molar refractivity (Wildman–Crippen MR) is 95.7 cm³/mol. The van der Waals surface area contributed by atoms with Gasteiger partial charge in [-0.25, -0.2) is 0 Å². The van der Waals surface area contributed by atoms with Crippen molar-refractivity contribution in [3.8, 4) is 0 Å². The summed E-state index contributed by atoms with van der Waals surface area (Å²) >= 11 is 5.09. The average Bonchev–Trinajstić information content (AvgIpc) is 3.13. The summed E-state index contributed by atoms with van der Waals surface area (Å²) in [6.45, 7) is 3.09. The van der Waals surface area contributed by atoms with Crippen molar-refractivity contribution < 1.29 is 4.79 Å². The van der Waals surface area contributed by atoms with E-state index in [-0.39, 0.29) is 5.91 Å². The third-order valence-electron chi connectivity index (χ3n) is 3.66. The van der Waals surface area contributed by atoms with Crippen molar-refractivity contribution >= 4 is 33.2 Å². The van der Waals surface area contributed by atoms with Crippen molar-refractivity contribution in [2.75, 3.05) is 0 Å². The minimum absolute atomic E-state index is 0.0973. The Morgan fingerprint density at radius 2 is 2.09 bits per heavy atom. The van der Waals surface area contributed by atoms with Crippen LogP contribution in [0, 0.1) is 6.92 Å². The molecule has 2 heterocycles. The van der Waals surface area contributed by atoms with E-state index >= 15 is 0 Å². The number of benzene rings is 1. The summed E-state index contributed by atoms with van der Waals surface area (Å²) in [5.74, 6) is -0.0973. The Morgan fingerprint density at radius 3 is 2.78 bits per heavy atom. The maximum atomic E-state index is 12.4. The summed E-state index contributed by atoms with van der Waals surface area (Å²) in [5.41, 5.74) is 3.73. The molecular weight excluding hydrogens is 374 g/mol. The molecule has 1 aromatic carbocycles. The number of hydrogen-bond donors (Lipinski definition) is 1. The van der Waals surface area contributed by atoms with Gasteiger partial charge in [0.25, 0.3) is 5.91 Å². The number of halogens is 1. The molecule has 4 nitrogen and oxygen atoms in total. The van der Waals surface area contributed by atoms with Gasteiger partial charge in [0.2, 0.25) is 0 Å². The first-order valence-electron chi connectivity index (χ1n) is 7.21. The number of carbonyl (C=O) groups excluding carboxylic acids is 1. The molecule has 1 amide bonds. The van der Waals surface area contributed by atoms with Gasteiger partial charge >= 0.3 is 0 Å². The van der Waals surface area contributed by atoms with E-state index in [1.54, 1.807) is 17.5 Å². The van der Waals surface area contributed by atoms with E-state index in [2.05, 4.69) is 38.5 Å². The third-order valence-corrected chi connectivity index (χ3v) is 5.47. The van der Waals surface area contributed by atoms with Gasteiger partial charge < -0.3 is 5.32 Å². The van der Waals surface area contributed by atoms with Crippen molar-refractivity contribution in [1.29, 1.82) is 0 Å². The van der Waals surface area contributed by atoms with Gasteiger partial charge in [0, 0.05) is 12.2 Å². The van der Waals surface area contributed by atoms with Crippen molar-refractivity contribution in [3.63, 3.8) is 0 Å². The second-order valence-electron chi connectivity index (χ2n) is 5.19. The zero-order chi connectivity index (χ0) is 16.2. The highest BCUT2D eigenvalue weighted by molar-refractivity contribution is 9.11. The molecule has 0 unspecified atom stereocenters. The lowest BCUT2D eigenvalue weighted by molar-refractivity contribution is 0.0950. The topological polar surface area (TPSA) is 46.9 Å². The Labute approximate surface area is 147 Å². The summed E-state index contributed by atoms with van der Waals surface area (Å²) in [6.07, 6.45) is 1.64. The number of amides is 1. The first-order valence-corrected chi connectivity index (χ1v) is 8.89. The Balaban J connectivity index is 1.68. The number of aromatic nitrogens is 2. The molecule has 0 fully saturated rings. The fourth-order valence-corrected chi connectivity index (χ4v) is 3.54. The normalized spacial score (nSPS) is 10.7. The average molecular weight is 390 g/mol. The molecular formula is C17H16BrN3OS. The molecule has 0 aliphatic rings. The Kier molecular flexibility index (Phi) is 4.93. The van der Waals surface area contributed by atoms with Crippen LogP contribution in [-0.4, -0.2) is 15.7 Å². The summed E-state index contributed by atoms with van der Waals surface area (Å²) in [5, 5.41) is 9.28. The highest BCUT2D eigenvalue weighted by Gasteiger charge is 2.14. The van der Waals surface area contributed by atoms with Crippen molar-refractivity contribution in [1.82, 2.24) is 15.1 Å². The molecule has 1 N–H and O–H groups in total. The molecule has 0 spiro atoms. The minimum atomic E-state index is -0.0973. The van der Waals surface area contributed by atoms with Crippen molar-refractivity contribution in [2.45, 2.75) is 20.0 Å². The molecule has 3 rings (SSSR count). The number of thiophene rings is 1. The Bertz CT molecular complexity index is 810. The van der Waals surface area contributed by atoms with E-state index in [1.807, 2.05) is 41.3 Å². The van der Waals surface area contributed by atoms with Gasteiger partial charge in [-0.15, -0.1) is 11.3 Å². The van der Waals surface area contributed by atoms with Crippen LogP contribution in [0.2, 0.25) is 0 Å². The fourth-order valence-electron chi connectivity index (χ4n) is 2.30. The number of nitrogens with one attached hydrogen (secondary N) is 1. The van der Waals surface area contributed by atoms with Gasteiger partial charge in [0.1, 0.15) is 0 Å². The van der Waals surface area contributed by atoms with Crippen molar-refractivity contribution in [3.05, 3.63) is 74.1 Å². The lowest BCUT2D eigenvalue weighted by atomic mass is 10.2. The fraction of sp³-hybridized carbons (Fsp3) is 0.176. The number of hydrogen-bond acceptors (Lipinski definition) is 3. The molecule has 3 aromatic rings. The van der Waals surface area contributed by atoms with Crippen LogP contribution in [0.4, 0.5) is 0 Å². The van der Waals surface area contributed by atoms with Gasteiger partial charge in [0.15, 0.2) is 0 Å². The van der Waals surface area contributed by atoms with E-state index in [0.717, 1.165) is 20.6 Å².